The molecule has 2 heterocycles. The molecule has 3 N–H and O–H groups in total. The van der Waals surface area contributed by atoms with E-state index in [1.165, 1.54) is 10.1 Å². The Labute approximate surface area is 243 Å². The van der Waals surface area contributed by atoms with Crippen molar-refractivity contribution < 1.29 is 24.2 Å². The minimum absolute atomic E-state index is 0.0171. The Kier molecular flexibility index (Phi) is 9.30. The van der Waals surface area contributed by atoms with Crippen molar-refractivity contribution in [2.45, 2.75) is 59.0 Å². The van der Waals surface area contributed by atoms with Gasteiger partial charge in [0.05, 0.1) is 40.9 Å². The highest BCUT2D eigenvalue weighted by Gasteiger charge is 2.40. The second-order valence-electron chi connectivity index (χ2n) is 9.96. The number of aliphatic hydroxyl groups excluding tert-OH is 1. The molecule has 8 nitrogen and oxygen atoms in total. The van der Waals surface area contributed by atoms with Crippen molar-refractivity contribution in [3.05, 3.63) is 95.9 Å². The number of aliphatic hydroxyl groups is 1. The van der Waals surface area contributed by atoms with Gasteiger partial charge in [0.1, 0.15) is 10.5 Å². The molecule has 3 atom stereocenters. The largest absolute Gasteiger partial charge is 0.463 e. The number of ether oxygens (including phenoxy) is 2. The van der Waals surface area contributed by atoms with Crippen LogP contribution in [-0.2, 0) is 19.1 Å². The molecule has 0 saturated heterocycles. The van der Waals surface area contributed by atoms with E-state index in [4.69, 9.17) is 15.2 Å². The van der Waals surface area contributed by atoms with Gasteiger partial charge in [-0.05, 0) is 61.4 Å². The summed E-state index contributed by atoms with van der Waals surface area (Å²) in [5, 5.41) is 10.0. The number of thiazole rings is 1. The van der Waals surface area contributed by atoms with E-state index in [1.54, 1.807) is 51.1 Å². The molecular formula is C32H36N2O6S. The van der Waals surface area contributed by atoms with Gasteiger partial charge in [0.25, 0.3) is 5.56 Å². The summed E-state index contributed by atoms with van der Waals surface area (Å²) in [6, 6.07) is 14.9. The maximum absolute atomic E-state index is 13.7. The Morgan fingerprint density at radius 1 is 0.951 bits per heavy atom. The molecule has 0 bridgehead atoms. The molecule has 0 saturated carbocycles. The van der Waals surface area contributed by atoms with Crippen molar-refractivity contribution in [1.29, 1.82) is 0 Å². The molecule has 216 valence electrons. The van der Waals surface area contributed by atoms with Gasteiger partial charge < -0.3 is 20.3 Å². The smallest absolute Gasteiger partial charge is 0.338 e. The van der Waals surface area contributed by atoms with Crippen LogP contribution in [0.1, 0.15) is 81.2 Å². The molecule has 1 aromatic heterocycles. The lowest BCUT2D eigenvalue weighted by atomic mass is 9.82. The molecule has 3 unspecified atom stereocenters. The Morgan fingerprint density at radius 2 is 1.51 bits per heavy atom. The lowest BCUT2D eigenvalue weighted by Crippen LogP contribution is -2.42. The van der Waals surface area contributed by atoms with E-state index in [1.807, 2.05) is 24.3 Å². The molecule has 0 amide bonds. The number of fused-ring (bicyclic) bond motifs is 1. The fraction of sp³-hybridized carbons (Fsp3) is 0.344. The van der Waals surface area contributed by atoms with Crippen molar-refractivity contribution in [1.82, 2.24) is 4.57 Å². The highest BCUT2D eigenvalue weighted by Crippen LogP contribution is 2.38. The zero-order valence-electron chi connectivity index (χ0n) is 24.0. The number of hydrogen-bond donors (Lipinski definition) is 2. The number of hydrogen-bond acceptors (Lipinski definition) is 8. The highest BCUT2D eigenvalue weighted by molar-refractivity contribution is 7.07. The van der Waals surface area contributed by atoms with Gasteiger partial charge in [-0.15, -0.1) is 11.3 Å². The van der Waals surface area contributed by atoms with E-state index < -0.39 is 29.5 Å². The number of carbonyl (C=O) groups is 2. The average Bonchev–Trinajstić information content (AvgIpc) is 3.28. The summed E-state index contributed by atoms with van der Waals surface area (Å²) in [5.41, 5.74) is 9.51. The number of nitrogens with zero attached hydrogens (tertiary/aromatic N) is 1. The van der Waals surface area contributed by atoms with Crippen molar-refractivity contribution in [2.24, 2.45) is 5.73 Å². The van der Waals surface area contributed by atoms with Crippen LogP contribution in [0.2, 0.25) is 0 Å². The van der Waals surface area contributed by atoms with Gasteiger partial charge in [-0.25, -0.2) is 9.59 Å². The summed E-state index contributed by atoms with van der Waals surface area (Å²) < 4.78 is 12.7. The second kappa shape index (κ2) is 12.7. The molecule has 0 spiro atoms. The number of aromatic nitrogens is 1. The standard InChI is InChI=1S/C32H36N2O6S/c1-6-18(4)21-11-9-20(10-12-21)17-24-29(36)34-28(33)26(31(37)39-7-2)25(23-15-13-22(14-16-23)19(5)35)27(30(34)41-24)32(38)40-8-3/h9-19,25,35H,6-8,33H2,1-5H3/b24-17+. The summed E-state index contributed by atoms with van der Waals surface area (Å²) in [7, 11) is 0. The Morgan fingerprint density at radius 3 is 2.05 bits per heavy atom. The predicted octanol–water partition coefficient (Wildman–Crippen LogP) is 3.51. The van der Waals surface area contributed by atoms with E-state index in [0.717, 1.165) is 23.3 Å². The van der Waals surface area contributed by atoms with Gasteiger partial charge in [-0.3, -0.25) is 9.36 Å². The Bertz CT molecular complexity index is 1650. The van der Waals surface area contributed by atoms with E-state index in [2.05, 4.69) is 13.8 Å². The number of rotatable bonds is 9. The van der Waals surface area contributed by atoms with Crippen LogP contribution in [-0.4, -0.2) is 34.8 Å². The molecule has 0 aliphatic carbocycles. The molecule has 0 radical (unpaired) electrons. The van der Waals surface area contributed by atoms with Crippen LogP contribution in [0.15, 0.2) is 58.9 Å². The monoisotopic (exact) mass is 576 g/mol. The van der Waals surface area contributed by atoms with Gasteiger partial charge in [0, 0.05) is 0 Å². The number of esters is 2. The molecule has 9 heteroatoms. The minimum Gasteiger partial charge on any atom is -0.463 e. The number of benzene rings is 2. The molecule has 41 heavy (non-hydrogen) atoms. The average molecular weight is 577 g/mol. The molecule has 2 aromatic carbocycles. The topological polar surface area (TPSA) is 121 Å². The van der Waals surface area contributed by atoms with E-state index >= 15 is 0 Å². The van der Waals surface area contributed by atoms with E-state index in [-0.39, 0.29) is 30.2 Å². The normalized spacial score (nSPS) is 16.8. The molecular weight excluding hydrogens is 540 g/mol. The third-order valence-corrected chi connectivity index (χ3v) is 8.41. The van der Waals surface area contributed by atoms with Gasteiger partial charge in [0.2, 0.25) is 0 Å². The van der Waals surface area contributed by atoms with Gasteiger partial charge in [-0.1, -0.05) is 62.4 Å². The van der Waals surface area contributed by atoms with Crippen LogP contribution in [0.25, 0.3) is 17.5 Å². The first kappa shape index (κ1) is 30.0. The lowest BCUT2D eigenvalue weighted by Gasteiger charge is -2.27. The highest BCUT2D eigenvalue weighted by atomic mass is 32.1. The zero-order valence-corrected chi connectivity index (χ0v) is 24.8. The molecule has 1 aliphatic rings. The van der Waals surface area contributed by atoms with Crippen LogP contribution in [0, 0.1) is 0 Å². The first-order chi connectivity index (χ1) is 19.6. The number of nitrogens with two attached hydrogens (primary N) is 1. The maximum atomic E-state index is 13.7. The van der Waals surface area contributed by atoms with Gasteiger partial charge in [-0.2, -0.15) is 0 Å². The van der Waals surface area contributed by atoms with Crippen LogP contribution < -0.4 is 20.5 Å². The van der Waals surface area contributed by atoms with Gasteiger partial charge in [0.15, 0.2) is 0 Å². The van der Waals surface area contributed by atoms with Crippen LogP contribution in [0.4, 0.5) is 0 Å². The minimum atomic E-state index is -0.947. The molecule has 3 aromatic rings. The summed E-state index contributed by atoms with van der Waals surface area (Å²) in [5.74, 6) is -2.01. The molecule has 1 aliphatic heterocycles. The van der Waals surface area contributed by atoms with Gasteiger partial charge >= 0.3 is 11.9 Å². The van der Waals surface area contributed by atoms with Crippen molar-refractivity contribution in [3.8, 4) is 0 Å². The third-order valence-electron chi connectivity index (χ3n) is 7.31. The molecule has 0 fully saturated rings. The van der Waals surface area contributed by atoms with E-state index in [0.29, 0.717) is 26.2 Å². The third kappa shape index (κ3) is 5.92. The summed E-state index contributed by atoms with van der Waals surface area (Å²) in [4.78, 5) is 40.6. The van der Waals surface area contributed by atoms with Crippen molar-refractivity contribution in [2.75, 3.05) is 13.2 Å². The summed E-state index contributed by atoms with van der Waals surface area (Å²) in [6.07, 6.45) is 2.07. The van der Waals surface area contributed by atoms with Crippen molar-refractivity contribution in [3.63, 3.8) is 0 Å². The quantitative estimate of drug-likeness (QED) is 0.374. The van der Waals surface area contributed by atoms with E-state index in [9.17, 15) is 19.5 Å². The SMILES string of the molecule is CCOC(=O)C1=C(N)n2c(s/c(=C/c3ccc(C(C)CC)cc3)c2=O)=C(C(=O)OCC)C1c1ccc(C(C)O)cc1. The second-order valence-corrected chi connectivity index (χ2v) is 11.0. The lowest BCUT2D eigenvalue weighted by molar-refractivity contribution is -0.138. The maximum Gasteiger partial charge on any atom is 0.338 e. The fourth-order valence-corrected chi connectivity index (χ4v) is 6.04. The molecule has 4 rings (SSSR count). The van der Waals surface area contributed by atoms with Crippen LogP contribution in [0.3, 0.4) is 0 Å². The van der Waals surface area contributed by atoms with Crippen LogP contribution >= 0.6 is 11.3 Å². The zero-order chi connectivity index (χ0) is 29.8. The number of carbonyl (C=O) groups excluding carboxylic acids is 2. The Balaban J connectivity index is 2.02. The summed E-state index contributed by atoms with van der Waals surface area (Å²) >= 11 is 1.12. The van der Waals surface area contributed by atoms with Crippen LogP contribution in [0.5, 0.6) is 0 Å². The predicted molar refractivity (Wildman–Crippen MR) is 160 cm³/mol. The first-order valence-electron chi connectivity index (χ1n) is 13.8. The fourth-order valence-electron chi connectivity index (χ4n) is 4.87. The summed E-state index contributed by atoms with van der Waals surface area (Å²) in [6.45, 7) is 9.48. The Hall–Kier alpha value is -3.95. The first-order valence-corrected chi connectivity index (χ1v) is 14.6. The van der Waals surface area contributed by atoms with Crippen molar-refractivity contribution >= 4 is 40.7 Å².